The van der Waals surface area contributed by atoms with Crippen molar-refractivity contribution in [1.82, 2.24) is 40.7 Å². The molecule has 3 atom stereocenters. The van der Waals surface area contributed by atoms with Gasteiger partial charge in [0, 0.05) is 54.8 Å². The van der Waals surface area contributed by atoms with Crippen LogP contribution in [0.1, 0.15) is 54.8 Å². The van der Waals surface area contributed by atoms with Crippen molar-refractivity contribution in [3.8, 4) is 17.1 Å². The van der Waals surface area contributed by atoms with Gasteiger partial charge in [0.1, 0.15) is 11.5 Å². The monoisotopic (exact) mass is 575 g/mol. The van der Waals surface area contributed by atoms with Gasteiger partial charge in [-0.05, 0) is 44.6 Å². The summed E-state index contributed by atoms with van der Waals surface area (Å²) in [5, 5.41) is 13.5. The van der Waals surface area contributed by atoms with Crippen LogP contribution >= 0.6 is 0 Å². The minimum absolute atomic E-state index is 0.0357. The van der Waals surface area contributed by atoms with E-state index >= 15 is 0 Å². The first kappa shape index (κ1) is 26.7. The van der Waals surface area contributed by atoms with Crippen molar-refractivity contribution in [1.29, 1.82) is 0 Å². The highest BCUT2D eigenvalue weighted by molar-refractivity contribution is 5.94. The molecule has 42 heavy (non-hydrogen) atoms. The highest BCUT2D eigenvalue weighted by Gasteiger charge is 2.54. The molecule has 12 nitrogen and oxygen atoms in total. The maximum atomic E-state index is 14.4. The van der Waals surface area contributed by atoms with Crippen LogP contribution in [0.2, 0.25) is 0 Å². The van der Waals surface area contributed by atoms with E-state index in [-0.39, 0.29) is 47.0 Å². The van der Waals surface area contributed by atoms with E-state index in [1.165, 1.54) is 26.0 Å². The van der Waals surface area contributed by atoms with Crippen molar-refractivity contribution in [3.05, 3.63) is 48.1 Å². The molecule has 3 aromatic heterocycles. The SMILES string of the molecule is COc1cc(-c2cc(C(=O)N3CC[C@H](C(=O)NCc4ncc(N5CCN[C@@H]6CC[C@@H]65)cn4)CC34CC4)[nH]n2)c(F)cn1. The van der Waals surface area contributed by atoms with Crippen LogP contribution in [0.3, 0.4) is 0 Å². The summed E-state index contributed by atoms with van der Waals surface area (Å²) in [6, 6.07) is 4.07. The predicted octanol–water partition coefficient (Wildman–Crippen LogP) is 2.05. The van der Waals surface area contributed by atoms with Crippen LogP contribution in [0.4, 0.5) is 10.1 Å². The minimum Gasteiger partial charge on any atom is -0.481 e. The number of piperidine rings is 1. The molecule has 7 rings (SSSR count). The maximum Gasteiger partial charge on any atom is 0.272 e. The summed E-state index contributed by atoms with van der Waals surface area (Å²) in [5.41, 5.74) is 1.47. The topological polar surface area (TPSA) is 141 Å². The molecule has 0 radical (unpaired) electrons. The fourth-order valence-corrected chi connectivity index (χ4v) is 6.64. The van der Waals surface area contributed by atoms with Gasteiger partial charge in [-0.2, -0.15) is 5.10 Å². The number of halogens is 1. The Hall–Kier alpha value is -4.13. The Morgan fingerprint density at radius 3 is 2.69 bits per heavy atom. The molecule has 13 heteroatoms. The Morgan fingerprint density at radius 2 is 1.95 bits per heavy atom. The van der Waals surface area contributed by atoms with Crippen LogP contribution < -0.4 is 20.3 Å². The van der Waals surface area contributed by atoms with Crippen LogP contribution in [0.25, 0.3) is 11.3 Å². The first-order chi connectivity index (χ1) is 20.4. The van der Waals surface area contributed by atoms with Gasteiger partial charge in [-0.25, -0.2) is 19.3 Å². The number of likely N-dealkylation sites (tertiary alicyclic amines) is 1. The van der Waals surface area contributed by atoms with Gasteiger partial charge < -0.3 is 25.2 Å². The first-order valence-electron chi connectivity index (χ1n) is 14.6. The van der Waals surface area contributed by atoms with Gasteiger partial charge in [0.2, 0.25) is 11.8 Å². The number of carbonyl (C=O) groups excluding carboxylic acids is 2. The van der Waals surface area contributed by atoms with Gasteiger partial charge in [-0.1, -0.05) is 0 Å². The molecule has 3 aromatic rings. The summed E-state index contributed by atoms with van der Waals surface area (Å²) in [6.45, 7) is 2.64. The Balaban J connectivity index is 0.951. The zero-order valence-electron chi connectivity index (χ0n) is 23.5. The quantitative estimate of drug-likeness (QED) is 0.386. The number of methoxy groups -OCH3 is 1. The summed E-state index contributed by atoms with van der Waals surface area (Å²) >= 11 is 0. The first-order valence-corrected chi connectivity index (χ1v) is 14.6. The summed E-state index contributed by atoms with van der Waals surface area (Å²) in [5.74, 6) is -0.143. The normalized spacial score (nSPS) is 24.1. The molecular weight excluding hydrogens is 541 g/mol. The molecule has 220 valence electrons. The number of H-pyrrole nitrogens is 1. The van der Waals surface area contributed by atoms with Crippen molar-refractivity contribution >= 4 is 17.5 Å². The Kier molecular flexibility index (Phi) is 6.76. The number of nitrogens with one attached hydrogen (secondary N) is 3. The zero-order chi connectivity index (χ0) is 28.8. The number of aromatic amines is 1. The van der Waals surface area contributed by atoms with Crippen molar-refractivity contribution in [2.75, 3.05) is 31.6 Å². The fourth-order valence-electron chi connectivity index (χ4n) is 6.64. The number of nitrogens with zero attached hydrogens (tertiary/aromatic N) is 6. The smallest absolute Gasteiger partial charge is 0.272 e. The fraction of sp³-hybridized carbons (Fsp3) is 0.517. The number of rotatable bonds is 7. The molecule has 0 aromatic carbocycles. The number of amides is 2. The van der Waals surface area contributed by atoms with Crippen LogP contribution in [0.15, 0.2) is 30.7 Å². The number of hydrogen-bond donors (Lipinski definition) is 3. The number of hydrogen-bond acceptors (Lipinski definition) is 9. The molecule has 2 saturated carbocycles. The van der Waals surface area contributed by atoms with Crippen molar-refractivity contribution < 1.29 is 18.7 Å². The van der Waals surface area contributed by atoms with Gasteiger partial charge in [-0.3, -0.25) is 14.7 Å². The summed E-state index contributed by atoms with van der Waals surface area (Å²) in [6.07, 6.45) is 10.0. The van der Waals surface area contributed by atoms with Crippen LogP contribution in [0.5, 0.6) is 5.88 Å². The molecule has 5 heterocycles. The molecule has 1 spiro atoms. The second-order valence-corrected chi connectivity index (χ2v) is 11.7. The van der Waals surface area contributed by atoms with Crippen LogP contribution in [0, 0.1) is 11.7 Å². The Labute approximate surface area is 242 Å². The molecule has 4 aliphatic rings. The molecule has 2 aliphatic heterocycles. The molecule has 4 fully saturated rings. The van der Waals surface area contributed by atoms with Crippen molar-refractivity contribution in [3.63, 3.8) is 0 Å². The number of pyridine rings is 1. The zero-order valence-corrected chi connectivity index (χ0v) is 23.5. The van der Waals surface area contributed by atoms with Crippen LogP contribution in [-0.2, 0) is 11.3 Å². The average Bonchev–Trinajstić information content (AvgIpc) is 3.57. The molecule has 2 aliphatic carbocycles. The molecular formula is C29H34FN9O3. The maximum absolute atomic E-state index is 14.4. The third-order valence-corrected chi connectivity index (χ3v) is 9.31. The predicted molar refractivity (Wildman–Crippen MR) is 150 cm³/mol. The molecule has 0 unspecified atom stereocenters. The lowest BCUT2D eigenvalue weighted by molar-refractivity contribution is -0.127. The summed E-state index contributed by atoms with van der Waals surface area (Å²) in [7, 11) is 1.45. The number of anilines is 1. The van der Waals surface area contributed by atoms with Crippen molar-refractivity contribution in [2.45, 2.75) is 62.7 Å². The van der Waals surface area contributed by atoms with E-state index in [1.54, 1.807) is 6.07 Å². The highest BCUT2D eigenvalue weighted by atomic mass is 19.1. The van der Waals surface area contributed by atoms with E-state index in [9.17, 15) is 14.0 Å². The van der Waals surface area contributed by atoms with E-state index in [0.717, 1.165) is 37.8 Å². The summed E-state index contributed by atoms with van der Waals surface area (Å²) in [4.78, 5) is 43.7. The molecule has 3 N–H and O–H groups in total. The van der Waals surface area contributed by atoms with Crippen LogP contribution in [-0.4, -0.2) is 86.2 Å². The highest BCUT2D eigenvalue weighted by Crippen LogP contribution is 2.50. The lowest BCUT2D eigenvalue weighted by Crippen LogP contribution is -2.63. The number of piperazine rings is 1. The third kappa shape index (κ3) is 4.85. The largest absolute Gasteiger partial charge is 0.481 e. The Morgan fingerprint density at radius 1 is 1.12 bits per heavy atom. The average molecular weight is 576 g/mol. The van der Waals surface area contributed by atoms with Gasteiger partial charge in [0.15, 0.2) is 5.82 Å². The lowest BCUT2D eigenvalue weighted by atomic mass is 9.83. The van der Waals surface area contributed by atoms with E-state index < -0.39 is 5.82 Å². The molecule has 2 saturated heterocycles. The van der Waals surface area contributed by atoms with E-state index in [1.807, 2.05) is 17.3 Å². The van der Waals surface area contributed by atoms with E-state index in [0.29, 0.717) is 43.0 Å². The second-order valence-electron chi connectivity index (χ2n) is 11.7. The lowest BCUT2D eigenvalue weighted by Gasteiger charge is -2.49. The van der Waals surface area contributed by atoms with Crippen molar-refractivity contribution in [2.24, 2.45) is 5.92 Å². The molecule has 0 bridgehead atoms. The number of aromatic nitrogens is 5. The third-order valence-electron chi connectivity index (χ3n) is 9.31. The molecule has 2 amide bonds. The van der Waals surface area contributed by atoms with E-state index in [2.05, 4.69) is 40.7 Å². The minimum atomic E-state index is -0.556. The van der Waals surface area contributed by atoms with Gasteiger partial charge in [-0.15, -0.1) is 0 Å². The number of ether oxygens (including phenoxy) is 1. The Bertz CT molecular complexity index is 1490. The van der Waals surface area contributed by atoms with Gasteiger partial charge in [0.05, 0.1) is 43.6 Å². The van der Waals surface area contributed by atoms with E-state index in [4.69, 9.17) is 4.74 Å². The summed E-state index contributed by atoms with van der Waals surface area (Å²) < 4.78 is 19.5. The number of fused-ring (bicyclic) bond motifs is 1. The second kappa shape index (κ2) is 10.6. The standard InChI is InChI=1S/C29H34FN9O3/c1-42-26-10-19(20(30)15-34-26)22-11-23(37-36-22)28(41)39-8-4-17(12-29(39)5-6-29)27(40)35-16-25-32-13-18(14-33-25)38-9-7-31-21-2-3-24(21)38/h10-11,13-15,17,21,24,31H,2-9,12,16H2,1H3,(H,35,40)(H,36,37)/t17-,21+,24-/m0/s1. The van der Waals surface area contributed by atoms with Gasteiger partial charge in [0.25, 0.3) is 5.91 Å². The van der Waals surface area contributed by atoms with Gasteiger partial charge >= 0.3 is 0 Å². The number of carbonyl (C=O) groups is 2.